The number of hydrogen-bond acceptors (Lipinski definition) is 4. The van der Waals surface area contributed by atoms with Crippen molar-refractivity contribution < 1.29 is 14.3 Å². The normalized spacial score (nSPS) is 12.0. The number of nitrogens with two attached hydrogens (primary N) is 1. The Balaban J connectivity index is 0.00000400. The first kappa shape index (κ1) is 19.4. The van der Waals surface area contributed by atoms with Gasteiger partial charge in [0.05, 0.1) is 6.04 Å². The maximum atomic E-state index is 11.7. The maximum Gasteiger partial charge on any atom is 0.325 e. The number of rotatable bonds is 5. The molecule has 21 heavy (non-hydrogen) atoms. The van der Waals surface area contributed by atoms with Gasteiger partial charge >= 0.3 is 5.97 Å². The van der Waals surface area contributed by atoms with E-state index in [2.05, 4.69) is 5.32 Å². The molecule has 5 nitrogen and oxygen atoms in total. The lowest BCUT2D eigenvalue weighted by Gasteiger charge is -2.25. The highest BCUT2D eigenvalue weighted by Crippen LogP contribution is 2.16. The zero-order valence-corrected chi connectivity index (χ0v) is 13.4. The molecule has 0 fully saturated rings. The van der Waals surface area contributed by atoms with Crippen molar-refractivity contribution in [3.63, 3.8) is 0 Å². The minimum Gasteiger partial charge on any atom is -0.460 e. The van der Waals surface area contributed by atoms with Gasteiger partial charge in [0.25, 0.3) is 0 Å². The molecule has 0 bridgehead atoms. The second kappa shape index (κ2) is 8.64. The minimum absolute atomic E-state index is 0. The SMILES string of the molecule is CC(C)(C)C(N)C(=O)NCC(=O)OCc1ccccc1.Cl. The first-order valence-electron chi connectivity index (χ1n) is 6.53. The maximum absolute atomic E-state index is 11.7. The number of ether oxygens (including phenoxy) is 1. The third kappa shape index (κ3) is 7.11. The number of hydrogen-bond donors (Lipinski definition) is 2. The molecule has 0 aliphatic carbocycles. The predicted molar refractivity (Wildman–Crippen MR) is 83.9 cm³/mol. The summed E-state index contributed by atoms with van der Waals surface area (Å²) in [5.74, 6) is -0.836. The van der Waals surface area contributed by atoms with E-state index in [-0.39, 0.29) is 36.9 Å². The number of amides is 1. The molecule has 1 aromatic rings. The fraction of sp³-hybridized carbons (Fsp3) is 0.467. The third-order valence-corrected chi connectivity index (χ3v) is 2.87. The zero-order chi connectivity index (χ0) is 15.2. The van der Waals surface area contributed by atoms with Crippen LogP contribution in [0, 0.1) is 5.41 Å². The van der Waals surface area contributed by atoms with Crippen molar-refractivity contribution in [1.82, 2.24) is 5.32 Å². The van der Waals surface area contributed by atoms with Crippen LogP contribution >= 0.6 is 12.4 Å². The molecular weight excluding hydrogens is 292 g/mol. The molecule has 0 spiro atoms. The van der Waals surface area contributed by atoms with Gasteiger partial charge in [0.15, 0.2) is 0 Å². The summed E-state index contributed by atoms with van der Waals surface area (Å²) in [4.78, 5) is 23.2. The van der Waals surface area contributed by atoms with Crippen molar-refractivity contribution in [2.75, 3.05) is 6.54 Å². The lowest BCUT2D eigenvalue weighted by molar-refractivity contribution is -0.145. The van der Waals surface area contributed by atoms with E-state index < -0.39 is 12.0 Å². The summed E-state index contributed by atoms with van der Waals surface area (Å²) in [5, 5.41) is 2.49. The fourth-order valence-electron chi connectivity index (χ4n) is 1.45. The second-order valence-corrected chi connectivity index (χ2v) is 5.71. The van der Waals surface area contributed by atoms with E-state index in [1.807, 2.05) is 51.1 Å². The summed E-state index contributed by atoms with van der Waals surface area (Å²) in [7, 11) is 0. The summed E-state index contributed by atoms with van der Waals surface area (Å²) in [6, 6.07) is 8.69. The summed E-state index contributed by atoms with van der Waals surface area (Å²) in [5.41, 5.74) is 6.33. The first-order valence-corrected chi connectivity index (χ1v) is 6.53. The van der Waals surface area contributed by atoms with Crippen molar-refractivity contribution in [2.24, 2.45) is 11.1 Å². The Morgan fingerprint density at radius 1 is 1.24 bits per heavy atom. The van der Waals surface area contributed by atoms with Crippen LogP contribution in [-0.2, 0) is 20.9 Å². The van der Waals surface area contributed by atoms with Gasteiger partial charge < -0.3 is 15.8 Å². The molecule has 1 rings (SSSR count). The Labute approximate surface area is 131 Å². The fourth-order valence-corrected chi connectivity index (χ4v) is 1.45. The van der Waals surface area contributed by atoms with Crippen molar-refractivity contribution >= 4 is 24.3 Å². The molecule has 0 aliphatic rings. The van der Waals surface area contributed by atoms with Crippen molar-refractivity contribution in [3.8, 4) is 0 Å². The van der Waals surface area contributed by atoms with Crippen LogP contribution in [-0.4, -0.2) is 24.5 Å². The van der Waals surface area contributed by atoms with E-state index in [4.69, 9.17) is 10.5 Å². The van der Waals surface area contributed by atoms with E-state index in [1.54, 1.807) is 0 Å². The molecule has 1 atom stereocenters. The highest BCUT2D eigenvalue weighted by molar-refractivity contribution is 5.86. The van der Waals surface area contributed by atoms with Crippen LogP contribution in [0.15, 0.2) is 30.3 Å². The van der Waals surface area contributed by atoms with E-state index in [0.717, 1.165) is 5.56 Å². The standard InChI is InChI=1S/C15H22N2O3.ClH/c1-15(2,3)13(16)14(19)17-9-12(18)20-10-11-7-5-4-6-8-11;/h4-8,13H,9-10,16H2,1-3H3,(H,17,19);1H. The molecule has 3 N–H and O–H groups in total. The summed E-state index contributed by atoms with van der Waals surface area (Å²) >= 11 is 0. The predicted octanol–water partition coefficient (Wildman–Crippen LogP) is 1.64. The molecule has 1 unspecified atom stereocenters. The zero-order valence-electron chi connectivity index (χ0n) is 12.6. The van der Waals surface area contributed by atoms with Crippen molar-refractivity contribution in [3.05, 3.63) is 35.9 Å². The van der Waals surface area contributed by atoms with Crippen LogP contribution in [0.4, 0.5) is 0 Å². The van der Waals surface area contributed by atoms with Gasteiger partial charge in [-0.2, -0.15) is 0 Å². The number of carbonyl (C=O) groups excluding carboxylic acids is 2. The topological polar surface area (TPSA) is 81.4 Å². The Bertz CT molecular complexity index is 458. The van der Waals surface area contributed by atoms with Gasteiger partial charge in [-0.25, -0.2) is 0 Å². The largest absolute Gasteiger partial charge is 0.460 e. The smallest absolute Gasteiger partial charge is 0.325 e. The monoisotopic (exact) mass is 314 g/mol. The Kier molecular flexibility index (Phi) is 7.99. The van der Waals surface area contributed by atoms with Crippen LogP contribution in [0.25, 0.3) is 0 Å². The highest BCUT2D eigenvalue weighted by atomic mass is 35.5. The van der Waals surface area contributed by atoms with Crippen LogP contribution < -0.4 is 11.1 Å². The van der Waals surface area contributed by atoms with E-state index in [1.165, 1.54) is 0 Å². The molecule has 1 amide bonds. The van der Waals surface area contributed by atoms with E-state index in [9.17, 15) is 9.59 Å². The summed E-state index contributed by atoms with van der Waals surface area (Å²) in [6.45, 7) is 5.62. The molecule has 0 saturated heterocycles. The molecule has 0 radical (unpaired) electrons. The summed E-state index contributed by atoms with van der Waals surface area (Å²) in [6.07, 6.45) is 0. The van der Waals surface area contributed by atoms with E-state index in [0.29, 0.717) is 0 Å². The van der Waals surface area contributed by atoms with Gasteiger partial charge in [-0.3, -0.25) is 9.59 Å². The second-order valence-electron chi connectivity index (χ2n) is 5.71. The number of carbonyl (C=O) groups is 2. The van der Waals surface area contributed by atoms with Crippen LogP contribution in [0.3, 0.4) is 0 Å². The third-order valence-electron chi connectivity index (χ3n) is 2.87. The van der Waals surface area contributed by atoms with Crippen LogP contribution in [0.2, 0.25) is 0 Å². The lowest BCUT2D eigenvalue weighted by atomic mass is 9.87. The first-order chi connectivity index (χ1) is 9.30. The molecular formula is C15H23ClN2O3. The molecule has 0 aliphatic heterocycles. The van der Waals surface area contributed by atoms with E-state index >= 15 is 0 Å². The molecule has 0 aromatic heterocycles. The molecule has 1 aromatic carbocycles. The van der Waals surface area contributed by atoms with Crippen molar-refractivity contribution in [2.45, 2.75) is 33.4 Å². The number of esters is 1. The number of halogens is 1. The summed E-state index contributed by atoms with van der Waals surface area (Å²) < 4.78 is 5.05. The van der Waals surface area contributed by atoms with Crippen LogP contribution in [0.5, 0.6) is 0 Å². The van der Waals surface area contributed by atoms with Gasteiger partial charge in [0.2, 0.25) is 5.91 Å². The molecule has 118 valence electrons. The van der Waals surface area contributed by atoms with Gasteiger partial charge in [-0.15, -0.1) is 12.4 Å². The minimum atomic E-state index is -0.663. The Hall–Kier alpha value is -1.59. The average Bonchev–Trinajstić information content (AvgIpc) is 2.41. The number of nitrogens with one attached hydrogen (secondary N) is 1. The molecule has 6 heteroatoms. The Morgan fingerprint density at radius 3 is 2.33 bits per heavy atom. The Morgan fingerprint density at radius 2 is 1.81 bits per heavy atom. The quantitative estimate of drug-likeness (QED) is 0.810. The average molecular weight is 315 g/mol. The van der Waals surface area contributed by atoms with Gasteiger partial charge in [-0.1, -0.05) is 51.1 Å². The van der Waals surface area contributed by atoms with Crippen molar-refractivity contribution in [1.29, 1.82) is 0 Å². The molecule has 0 saturated carbocycles. The van der Waals surface area contributed by atoms with Gasteiger partial charge in [0.1, 0.15) is 13.2 Å². The van der Waals surface area contributed by atoms with Crippen LogP contribution in [0.1, 0.15) is 26.3 Å². The van der Waals surface area contributed by atoms with Gasteiger partial charge in [-0.05, 0) is 11.0 Å². The number of benzene rings is 1. The molecule has 0 heterocycles. The lowest BCUT2D eigenvalue weighted by Crippen LogP contribution is -2.49. The highest BCUT2D eigenvalue weighted by Gasteiger charge is 2.27. The van der Waals surface area contributed by atoms with Gasteiger partial charge in [0, 0.05) is 0 Å².